The van der Waals surface area contributed by atoms with Crippen LogP contribution in [0.25, 0.3) is 11.1 Å². The molecule has 0 radical (unpaired) electrons. The third-order valence-electron chi connectivity index (χ3n) is 6.84. The molecule has 0 spiro atoms. The zero-order chi connectivity index (χ0) is 21.3. The van der Waals surface area contributed by atoms with Gasteiger partial charge in [-0.3, -0.25) is 14.6 Å². The number of nitrogens with zero attached hydrogens (tertiary/aromatic N) is 3. The predicted octanol–water partition coefficient (Wildman–Crippen LogP) is 3.64. The van der Waals surface area contributed by atoms with Crippen LogP contribution in [-0.2, 0) is 16.0 Å². The number of amides is 2. The van der Waals surface area contributed by atoms with Crippen LogP contribution in [-0.4, -0.2) is 53.8 Å². The topological polar surface area (TPSA) is 53.5 Å². The Morgan fingerprint density at radius 1 is 1.13 bits per heavy atom. The minimum absolute atomic E-state index is 0.162. The highest BCUT2D eigenvalue weighted by molar-refractivity contribution is 5.85. The smallest absolute Gasteiger partial charge is 0.228 e. The zero-order valence-electron chi connectivity index (χ0n) is 18.2. The number of hydrogen-bond donors (Lipinski definition) is 0. The summed E-state index contributed by atoms with van der Waals surface area (Å²) < 4.78 is 0. The van der Waals surface area contributed by atoms with Crippen LogP contribution in [0.3, 0.4) is 0 Å². The zero-order valence-corrected chi connectivity index (χ0v) is 18.2. The molecule has 158 valence electrons. The van der Waals surface area contributed by atoms with Crippen LogP contribution in [0.2, 0.25) is 0 Å². The molecule has 1 aromatic carbocycles. The first-order chi connectivity index (χ1) is 14.4. The van der Waals surface area contributed by atoms with E-state index in [1.165, 1.54) is 0 Å². The van der Waals surface area contributed by atoms with Gasteiger partial charge in [0.05, 0.1) is 5.41 Å². The van der Waals surface area contributed by atoms with Crippen molar-refractivity contribution in [2.75, 3.05) is 27.2 Å². The second-order valence-corrected chi connectivity index (χ2v) is 9.20. The number of aromatic nitrogens is 1. The number of pyridine rings is 1. The lowest BCUT2D eigenvalue weighted by molar-refractivity contribution is -0.146. The SMILES string of the molecule is C[C@H]1C[C@H]1C(=O)N1CCC(Cc2ccccc2-c2cccnc2)(C(=O)N(C)C)CC1. The molecule has 2 fully saturated rings. The van der Waals surface area contributed by atoms with E-state index >= 15 is 0 Å². The first kappa shape index (κ1) is 20.6. The number of carbonyl (C=O) groups excluding carboxylic acids is 2. The van der Waals surface area contributed by atoms with E-state index in [1.807, 2.05) is 43.4 Å². The van der Waals surface area contributed by atoms with Crippen molar-refractivity contribution in [1.82, 2.24) is 14.8 Å². The van der Waals surface area contributed by atoms with Gasteiger partial charge in [-0.05, 0) is 48.8 Å². The Bertz CT molecular complexity index is 917. The Kier molecular flexibility index (Phi) is 5.63. The van der Waals surface area contributed by atoms with Crippen molar-refractivity contribution in [3.05, 3.63) is 54.4 Å². The molecule has 2 amide bonds. The predicted molar refractivity (Wildman–Crippen MR) is 118 cm³/mol. The van der Waals surface area contributed by atoms with Gasteiger partial charge in [0.1, 0.15) is 0 Å². The monoisotopic (exact) mass is 405 g/mol. The first-order valence-corrected chi connectivity index (χ1v) is 10.9. The van der Waals surface area contributed by atoms with Crippen molar-refractivity contribution in [1.29, 1.82) is 0 Å². The standard InChI is InChI=1S/C25H31N3O2/c1-18-15-22(18)23(29)28-13-10-25(11-14-28,24(30)27(2)3)16-19-7-4-5-9-21(19)20-8-6-12-26-17-20/h4-9,12,17-18,22H,10-11,13-16H2,1-3H3/t18-,22+/m0/s1. The largest absolute Gasteiger partial charge is 0.348 e. The Balaban J connectivity index is 1.59. The van der Waals surface area contributed by atoms with E-state index in [1.54, 1.807) is 11.1 Å². The molecule has 5 heteroatoms. The molecule has 0 unspecified atom stereocenters. The van der Waals surface area contributed by atoms with Gasteiger partial charge >= 0.3 is 0 Å². The Hall–Kier alpha value is -2.69. The van der Waals surface area contributed by atoms with Crippen molar-refractivity contribution in [2.24, 2.45) is 17.3 Å². The molecule has 1 aromatic heterocycles. The minimum Gasteiger partial charge on any atom is -0.348 e. The van der Waals surface area contributed by atoms with Crippen molar-refractivity contribution in [2.45, 2.75) is 32.6 Å². The molecule has 1 aliphatic carbocycles. The van der Waals surface area contributed by atoms with Crippen molar-refractivity contribution in [3.8, 4) is 11.1 Å². The lowest BCUT2D eigenvalue weighted by Gasteiger charge is -2.42. The third kappa shape index (κ3) is 3.98. The van der Waals surface area contributed by atoms with Gasteiger partial charge in [-0.2, -0.15) is 0 Å². The number of likely N-dealkylation sites (tertiary alicyclic amines) is 1. The first-order valence-electron chi connectivity index (χ1n) is 10.9. The van der Waals surface area contributed by atoms with Gasteiger partial charge in [0.15, 0.2) is 0 Å². The average molecular weight is 406 g/mol. The number of carbonyl (C=O) groups is 2. The van der Waals surface area contributed by atoms with Crippen molar-refractivity contribution in [3.63, 3.8) is 0 Å². The highest BCUT2D eigenvalue weighted by atomic mass is 16.2. The van der Waals surface area contributed by atoms with E-state index < -0.39 is 5.41 Å². The Morgan fingerprint density at radius 2 is 1.83 bits per heavy atom. The molecule has 2 aliphatic rings. The maximum absolute atomic E-state index is 13.4. The average Bonchev–Trinajstić information content (AvgIpc) is 3.50. The molecule has 1 saturated heterocycles. The molecule has 30 heavy (non-hydrogen) atoms. The quantitative estimate of drug-likeness (QED) is 0.763. The molecule has 0 bridgehead atoms. The van der Waals surface area contributed by atoms with Gasteiger partial charge in [-0.15, -0.1) is 0 Å². The van der Waals surface area contributed by atoms with Gasteiger partial charge in [-0.25, -0.2) is 0 Å². The van der Waals surface area contributed by atoms with Crippen LogP contribution in [0, 0.1) is 17.3 Å². The van der Waals surface area contributed by atoms with Gasteiger partial charge < -0.3 is 9.80 Å². The van der Waals surface area contributed by atoms with Crippen molar-refractivity contribution >= 4 is 11.8 Å². The summed E-state index contributed by atoms with van der Waals surface area (Å²) in [6.45, 7) is 3.47. The van der Waals surface area contributed by atoms with Crippen LogP contribution in [0.1, 0.15) is 31.7 Å². The molecule has 4 rings (SSSR count). The molecule has 2 heterocycles. The van der Waals surface area contributed by atoms with E-state index in [0.29, 0.717) is 38.3 Å². The molecular weight excluding hydrogens is 374 g/mol. The molecule has 2 atom stereocenters. The van der Waals surface area contributed by atoms with E-state index in [-0.39, 0.29) is 17.7 Å². The van der Waals surface area contributed by atoms with Crippen molar-refractivity contribution < 1.29 is 9.59 Å². The molecule has 2 aromatic rings. The summed E-state index contributed by atoms with van der Waals surface area (Å²) in [5.41, 5.74) is 2.88. The van der Waals surface area contributed by atoms with Gasteiger partial charge in [0, 0.05) is 51.1 Å². The van der Waals surface area contributed by atoms with E-state index in [2.05, 4.69) is 30.1 Å². The van der Waals surface area contributed by atoms with Crippen LogP contribution in [0.5, 0.6) is 0 Å². The van der Waals surface area contributed by atoms with Gasteiger partial charge in [0.2, 0.25) is 11.8 Å². The maximum Gasteiger partial charge on any atom is 0.228 e. The third-order valence-corrected chi connectivity index (χ3v) is 6.84. The maximum atomic E-state index is 13.4. The van der Waals surface area contributed by atoms with E-state index in [9.17, 15) is 9.59 Å². The summed E-state index contributed by atoms with van der Waals surface area (Å²) in [6.07, 6.45) is 6.75. The molecule has 0 N–H and O–H groups in total. The number of rotatable bonds is 5. The number of benzene rings is 1. The molecular formula is C25H31N3O2. The van der Waals surface area contributed by atoms with Gasteiger partial charge in [-0.1, -0.05) is 37.3 Å². The number of piperidine rings is 1. The minimum atomic E-state index is -0.478. The fourth-order valence-electron chi connectivity index (χ4n) is 4.84. The summed E-state index contributed by atoms with van der Waals surface area (Å²) in [5, 5.41) is 0. The summed E-state index contributed by atoms with van der Waals surface area (Å²) >= 11 is 0. The van der Waals surface area contributed by atoms with Crippen LogP contribution >= 0.6 is 0 Å². The Morgan fingerprint density at radius 3 is 2.43 bits per heavy atom. The lowest BCUT2D eigenvalue weighted by Crippen LogP contribution is -2.51. The normalized spacial score (nSPS) is 22.4. The summed E-state index contributed by atoms with van der Waals surface area (Å²) in [7, 11) is 3.67. The lowest BCUT2D eigenvalue weighted by atomic mass is 9.71. The van der Waals surface area contributed by atoms with E-state index in [0.717, 1.165) is 23.1 Å². The summed E-state index contributed by atoms with van der Waals surface area (Å²) in [5.74, 6) is 1.16. The van der Waals surface area contributed by atoms with Crippen LogP contribution < -0.4 is 0 Å². The highest BCUT2D eigenvalue weighted by Crippen LogP contribution is 2.43. The van der Waals surface area contributed by atoms with Gasteiger partial charge in [0.25, 0.3) is 0 Å². The second kappa shape index (κ2) is 8.21. The molecule has 1 saturated carbocycles. The highest BCUT2D eigenvalue weighted by Gasteiger charge is 2.47. The fraction of sp³-hybridized carbons (Fsp3) is 0.480. The fourth-order valence-corrected chi connectivity index (χ4v) is 4.84. The molecule has 1 aliphatic heterocycles. The van der Waals surface area contributed by atoms with Crippen LogP contribution in [0.15, 0.2) is 48.8 Å². The summed E-state index contributed by atoms with van der Waals surface area (Å²) in [4.78, 5) is 34.0. The molecule has 5 nitrogen and oxygen atoms in total. The Labute approximate surface area is 179 Å². The van der Waals surface area contributed by atoms with E-state index in [4.69, 9.17) is 0 Å². The number of hydrogen-bond acceptors (Lipinski definition) is 3. The summed E-state index contributed by atoms with van der Waals surface area (Å²) in [6, 6.07) is 12.3. The second-order valence-electron chi connectivity index (χ2n) is 9.20. The van der Waals surface area contributed by atoms with Crippen LogP contribution in [0.4, 0.5) is 0 Å².